The van der Waals surface area contributed by atoms with E-state index >= 15 is 0 Å². The van der Waals surface area contributed by atoms with Crippen LogP contribution in [0.1, 0.15) is 10.6 Å². The Kier molecular flexibility index (Phi) is 5.86. The summed E-state index contributed by atoms with van der Waals surface area (Å²) in [5.41, 5.74) is 3.71. The first-order chi connectivity index (χ1) is 15.0. The van der Waals surface area contributed by atoms with Crippen LogP contribution in [0.2, 0.25) is 0 Å². The van der Waals surface area contributed by atoms with E-state index in [0.29, 0.717) is 11.3 Å². The van der Waals surface area contributed by atoms with Crippen molar-refractivity contribution in [3.05, 3.63) is 105 Å². The third kappa shape index (κ3) is 4.67. The Morgan fingerprint density at radius 3 is 2.48 bits per heavy atom. The van der Waals surface area contributed by atoms with Gasteiger partial charge < -0.3 is 4.90 Å². The van der Waals surface area contributed by atoms with Gasteiger partial charge in [0.1, 0.15) is 16.5 Å². The molecule has 31 heavy (non-hydrogen) atoms. The van der Waals surface area contributed by atoms with Gasteiger partial charge in [-0.25, -0.2) is 9.37 Å². The molecule has 0 spiro atoms. The standard InChI is InChI=1S/C24H18FN3O2S/c1-27(20-5-3-2-4-6-20)22-13-7-17(15-23(22)28(29)30)8-14-24-26-21(16-31-24)18-9-11-19(25)12-10-18/h2-16H,1H3/b14-8+. The smallest absolute Gasteiger partial charge is 0.293 e. The molecule has 4 rings (SSSR count). The number of aromatic nitrogens is 1. The van der Waals surface area contributed by atoms with E-state index < -0.39 is 0 Å². The number of benzene rings is 3. The summed E-state index contributed by atoms with van der Waals surface area (Å²) in [4.78, 5) is 17.6. The number of anilines is 2. The molecule has 0 aliphatic rings. The summed E-state index contributed by atoms with van der Waals surface area (Å²) >= 11 is 1.45. The highest BCUT2D eigenvalue weighted by atomic mass is 32.1. The molecule has 0 saturated carbocycles. The largest absolute Gasteiger partial charge is 0.339 e. The molecule has 1 aromatic heterocycles. The number of hydrogen-bond acceptors (Lipinski definition) is 5. The first-order valence-corrected chi connectivity index (χ1v) is 10.4. The van der Waals surface area contributed by atoms with Crippen molar-refractivity contribution in [2.75, 3.05) is 11.9 Å². The van der Waals surface area contributed by atoms with Crippen molar-refractivity contribution in [1.82, 2.24) is 4.98 Å². The second-order valence-electron chi connectivity index (χ2n) is 6.81. The number of para-hydroxylation sites is 1. The summed E-state index contributed by atoms with van der Waals surface area (Å²) in [5.74, 6) is -0.290. The van der Waals surface area contributed by atoms with Crippen molar-refractivity contribution in [1.29, 1.82) is 0 Å². The number of nitro groups is 1. The Morgan fingerprint density at radius 1 is 1.03 bits per heavy atom. The molecule has 4 aromatic rings. The summed E-state index contributed by atoms with van der Waals surface area (Å²) in [5, 5.41) is 14.3. The lowest BCUT2D eigenvalue weighted by atomic mass is 10.1. The molecule has 1 heterocycles. The monoisotopic (exact) mass is 431 g/mol. The van der Waals surface area contributed by atoms with Gasteiger partial charge in [0.2, 0.25) is 0 Å². The lowest BCUT2D eigenvalue weighted by Gasteiger charge is -2.19. The third-order valence-electron chi connectivity index (χ3n) is 4.78. The minimum absolute atomic E-state index is 0.0274. The molecule has 0 aliphatic carbocycles. The SMILES string of the molecule is CN(c1ccccc1)c1ccc(/C=C/c2nc(-c3ccc(F)cc3)cs2)cc1[N+](=O)[O-]. The fourth-order valence-electron chi connectivity index (χ4n) is 3.15. The maximum Gasteiger partial charge on any atom is 0.293 e. The van der Waals surface area contributed by atoms with E-state index in [1.165, 1.54) is 23.5 Å². The van der Waals surface area contributed by atoms with Gasteiger partial charge in [-0.05, 0) is 54.1 Å². The highest BCUT2D eigenvalue weighted by Crippen LogP contribution is 2.33. The van der Waals surface area contributed by atoms with E-state index in [2.05, 4.69) is 4.98 Å². The number of thiazole rings is 1. The Hall–Kier alpha value is -3.84. The van der Waals surface area contributed by atoms with Gasteiger partial charge in [0, 0.05) is 29.7 Å². The van der Waals surface area contributed by atoms with Crippen molar-refractivity contribution in [2.45, 2.75) is 0 Å². The van der Waals surface area contributed by atoms with E-state index in [0.717, 1.165) is 22.0 Å². The van der Waals surface area contributed by atoms with E-state index in [-0.39, 0.29) is 16.4 Å². The zero-order valence-electron chi connectivity index (χ0n) is 16.6. The predicted molar refractivity (Wildman–Crippen MR) is 124 cm³/mol. The lowest BCUT2D eigenvalue weighted by Crippen LogP contribution is -2.11. The zero-order valence-corrected chi connectivity index (χ0v) is 17.4. The van der Waals surface area contributed by atoms with Crippen molar-refractivity contribution < 1.29 is 9.31 Å². The maximum atomic E-state index is 13.1. The van der Waals surface area contributed by atoms with Gasteiger partial charge in [-0.15, -0.1) is 11.3 Å². The van der Waals surface area contributed by atoms with Gasteiger partial charge in [-0.3, -0.25) is 10.1 Å². The minimum atomic E-state index is -0.373. The average molecular weight is 431 g/mol. The summed E-state index contributed by atoms with van der Waals surface area (Å²) < 4.78 is 13.1. The van der Waals surface area contributed by atoms with Crippen molar-refractivity contribution in [2.24, 2.45) is 0 Å². The van der Waals surface area contributed by atoms with Crippen LogP contribution >= 0.6 is 11.3 Å². The van der Waals surface area contributed by atoms with Crippen LogP contribution in [0.25, 0.3) is 23.4 Å². The van der Waals surface area contributed by atoms with E-state index in [1.807, 2.05) is 47.9 Å². The Labute approximate surface area is 182 Å². The molecule has 5 nitrogen and oxygen atoms in total. The summed E-state index contributed by atoms with van der Waals surface area (Å²) in [7, 11) is 1.81. The van der Waals surface area contributed by atoms with Crippen LogP contribution in [0.4, 0.5) is 21.5 Å². The van der Waals surface area contributed by atoms with Crippen molar-refractivity contribution in [3.63, 3.8) is 0 Å². The highest BCUT2D eigenvalue weighted by molar-refractivity contribution is 7.10. The highest BCUT2D eigenvalue weighted by Gasteiger charge is 2.18. The van der Waals surface area contributed by atoms with Gasteiger partial charge in [-0.2, -0.15) is 0 Å². The molecular formula is C24H18FN3O2S. The first kappa shape index (κ1) is 20.4. The predicted octanol–water partition coefficient (Wildman–Crippen LogP) is 6.80. The topological polar surface area (TPSA) is 59.3 Å². The molecule has 3 aromatic carbocycles. The van der Waals surface area contributed by atoms with Crippen LogP contribution in [0.15, 0.2) is 78.2 Å². The van der Waals surface area contributed by atoms with E-state index in [4.69, 9.17) is 0 Å². The second kappa shape index (κ2) is 8.89. The van der Waals surface area contributed by atoms with Crippen LogP contribution in [-0.2, 0) is 0 Å². The number of rotatable bonds is 6. The normalized spacial score (nSPS) is 11.0. The van der Waals surface area contributed by atoms with E-state index in [1.54, 1.807) is 42.3 Å². The van der Waals surface area contributed by atoms with Gasteiger partial charge in [-0.1, -0.05) is 30.3 Å². The molecule has 0 N–H and O–H groups in total. The summed E-state index contributed by atoms with van der Waals surface area (Å²) in [6.45, 7) is 0. The fourth-order valence-corrected chi connectivity index (χ4v) is 3.87. The van der Waals surface area contributed by atoms with Gasteiger partial charge in [0.25, 0.3) is 5.69 Å². The molecular weight excluding hydrogens is 413 g/mol. The van der Waals surface area contributed by atoms with E-state index in [9.17, 15) is 14.5 Å². The third-order valence-corrected chi connectivity index (χ3v) is 5.59. The maximum absolute atomic E-state index is 13.1. The van der Waals surface area contributed by atoms with Crippen LogP contribution in [0.3, 0.4) is 0 Å². The van der Waals surface area contributed by atoms with Crippen LogP contribution in [-0.4, -0.2) is 17.0 Å². The molecule has 0 saturated heterocycles. The average Bonchev–Trinajstić information content (AvgIpc) is 3.27. The van der Waals surface area contributed by atoms with Crippen molar-refractivity contribution in [3.8, 4) is 11.3 Å². The number of nitrogens with zero attached hydrogens (tertiary/aromatic N) is 3. The van der Waals surface area contributed by atoms with Gasteiger partial charge in [0.15, 0.2) is 0 Å². The van der Waals surface area contributed by atoms with Crippen LogP contribution < -0.4 is 4.90 Å². The molecule has 0 aliphatic heterocycles. The second-order valence-corrected chi connectivity index (χ2v) is 7.70. The lowest BCUT2D eigenvalue weighted by molar-refractivity contribution is -0.384. The van der Waals surface area contributed by atoms with Crippen LogP contribution in [0.5, 0.6) is 0 Å². The molecule has 0 unspecified atom stereocenters. The van der Waals surface area contributed by atoms with Crippen molar-refractivity contribution >= 4 is 40.6 Å². The van der Waals surface area contributed by atoms with Gasteiger partial charge in [0.05, 0.1) is 10.6 Å². The zero-order chi connectivity index (χ0) is 21.8. The summed E-state index contributed by atoms with van der Waals surface area (Å²) in [6.07, 6.45) is 3.61. The molecule has 0 bridgehead atoms. The Balaban J connectivity index is 1.58. The number of hydrogen-bond donors (Lipinski definition) is 0. The molecule has 0 fully saturated rings. The quantitative estimate of drug-likeness (QED) is 0.249. The first-order valence-electron chi connectivity index (χ1n) is 9.48. The Bertz CT molecular complexity index is 1240. The van der Waals surface area contributed by atoms with Crippen LogP contribution in [0, 0.1) is 15.9 Å². The molecule has 0 atom stereocenters. The van der Waals surface area contributed by atoms with Gasteiger partial charge >= 0.3 is 0 Å². The minimum Gasteiger partial charge on any atom is -0.339 e. The molecule has 0 amide bonds. The number of halogens is 1. The molecule has 0 radical (unpaired) electrons. The number of nitro benzene ring substituents is 1. The summed E-state index contributed by atoms with van der Waals surface area (Å²) in [6, 6.07) is 20.8. The molecule has 7 heteroatoms. The molecule has 154 valence electrons. The fraction of sp³-hybridized carbons (Fsp3) is 0.0417. The Morgan fingerprint density at radius 2 is 1.77 bits per heavy atom.